The number of hydrogen-bond acceptors (Lipinski definition) is 3. The molecule has 1 rings (SSSR count). The van der Waals surface area contributed by atoms with Crippen LogP contribution in [0.4, 0.5) is 0 Å². The summed E-state index contributed by atoms with van der Waals surface area (Å²) in [6, 6.07) is 0.623. The molecule has 1 aromatic heterocycles. The molecular weight excluding hydrogens is 212 g/mol. The second-order valence-corrected chi connectivity index (χ2v) is 4.79. The first-order chi connectivity index (χ1) is 8.19. The summed E-state index contributed by atoms with van der Waals surface area (Å²) < 4.78 is 1.98. The van der Waals surface area contributed by atoms with Crippen LogP contribution in [0.3, 0.4) is 0 Å². The summed E-state index contributed by atoms with van der Waals surface area (Å²) in [4.78, 5) is 4.31. The first-order valence-corrected chi connectivity index (χ1v) is 6.79. The summed E-state index contributed by atoms with van der Waals surface area (Å²) in [5.41, 5.74) is 0. The fourth-order valence-corrected chi connectivity index (χ4v) is 2.16. The molecule has 1 heterocycles. The molecule has 1 unspecified atom stereocenters. The van der Waals surface area contributed by atoms with E-state index in [0.717, 1.165) is 25.3 Å². The van der Waals surface area contributed by atoms with Crippen LogP contribution >= 0.6 is 0 Å². The van der Waals surface area contributed by atoms with Gasteiger partial charge in [-0.1, -0.05) is 20.8 Å². The van der Waals surface area contributed by atoms with Crippen molar-refractivity contribution in [1.29, 1.82) is 0 Å². The molecule has 17 heavy (non-hydrogen) atoms. The molecule has 0 saturated carbocycles. The van der Waals surface area contributed by atoms with Crippen LogP contribution in [0.1, 0.15) is 46.4 Å². The SMILES string of the molecule is CCNC(CCCc1ncnn1CC)C(C)C. The van der Waals surface area contributed by atoms with Crippen molar-refractivity contribution in [2.75, 3.05) is 6.54 Å². The van der Waals surface area contributed by atoms with Gasteiger partial charge in [0.2, 0.25) is 0 Å². The van der Waals surface area contributed by atoms with Crippen LogP contribution in [0.25, 0.3) is 0 Å². The average Bonchev–Trinajstić information content (AvgIpc) is 2.75. The molecule has 0 aliphatic heterocycles. The molecule has 0 aliphatic carbocycles. The predicted molar refractivity (Wildman–Crippen MR) is 70.9 cm³/mol. The normalized spacial score (nSPS) is 13.2. The van der Waals surface area contributed by atoms with Crippen LogP contribution in [-0.2, 0) is 13.0 Å². The summed E-state index contributed by atoms with van der Waals surface area (Å²) in [5.74, 6) is 1.81. The van der Waals surface area contributed by atoms with Crippen molar-refractivity contribution in [2.24, 2.45) is 5.92 Å². The molecule has 0 fully saturated rings. The zero-order chi connectivity index (χ0) is 12.7. The molecule has 0 radical (unpaired) electrons. The van der Waals surface area contributed by atoms with Gasteiger partial charge in [0.15, 0.2) is 0 Å². The molecule has 4 nitrogen and oxygen atoms in total. The van der Waals surface area contributed by atoms with Crippen molar-refractivity contribution < 1.29 is 0 Å². The minimum Gasteiger partial charge on any atom is -0.314 e. The van der Waals surface area contributed by atoms with Gasteiger partial charge >= 0.3 is 0 Å². The highest BCUT2D eigenvalue weighted by Gasteiger charge is 2.12. The van der Waals surface area contributed by atoms with Gasteiger partial charge in [-0.25, -0.2) is 4.98 Å². The van der Waals surface area contributed by atoms with E-state index in [2.05, 4.69) is 43.1 Å². The molecule has 4 heteroatoms. The maximum Gasteiger partial charge on any atom is 0.138 e. The number of nitrogens with zero attached hydrogens (tertiary/aromatic N) is 3. The van der Waals surface area contributed by atoms with E-state index in [9.17, 15) is 0 Å². The Morgan fingerprint density at radius 2 is 2.12 bits per heavy atom. The maximum atomic E-state index is 4.31. The number of aromatic nitrogens is 3. The van der Waals surface area contributed by atoms with E-state index in [4.69, 9.17) is 0 Å². The van der Waals surface area contributed by atoms with Crippen LogP contribution < -0.4 is 5.32 Å². The van der Waals surface area contributed by atoms with Crippen LogP contribution in [0.15, 0.2) is 6.33 Å². The van der Waals surface area contributed by atoms with Crippen LogP contribution in [0.2, 0.25) is 0 Å². The second-order valence-electron chi connectivity index (χ2n) is 4.79. The molecule has 0 spiro atoms. The van der Waals surface area contributed by atoms with Gasteiger partial charge in [-0.2, -0.15) is 5.10 Å². The molecule has 0 aliphatic rings. The lowest BCUT2D eigenvalue weighted by atomic mass is 9.98. The number of hydrogen-bond donors (Lipinski definition) is 1. The molecule has 1 N–H and O–H groups in total. The van der Waals surface area contributed by atoms with Gasteiger partial charge in [-0.15, -0.1) is 0 Å². The first kappa shape index (κ1) is 14.2. The Labute approximate surface area is 105 Å². The third-order valence-corrected chi connectivity index (χ3v) is 3.18. The summed E-state index contributed by atoms with van der Waals surface area (Å²) in [6.07, 6.45) is 5.07. The Morgan fingerprint density at radius 3 is 2.71 bits per heavy atom. The molecule has 1 atom stereocenters. The average molecular weight is 238 g/mol. The van der Waals surface area contributed by atoms with Gasteiger partial charge in [-0.3, -0.25) is 4.68 Å². The fourth-order valence-electron chi connectivity index (χ4n) is 2.16. The van der Waals surface area contributed by atoms with Gasteiger partial charge in [-0.05, 0) is 32.2 Å². The second kappa shape index (κ2) is 7.43. The van der Waals surface area contributed by atoms with Crippen molar-refractivity contribution >= 4 is 0 Å². The number of aryl methyl sites for hydroxylation is 2. The third-order valence-electron chi connectivity index (χ3n) is 3.18. The van der Waals surface area contributed by atoms with Gasteiger partial charge in [0.1, 0.15) is 12.2 Å². The van der Waals surface area contributed by atoms with Crippen molar-refractivity contribution in [3.8, 4) is 0 Å². The lowest BCUT2D eigenvalue weighted by molar-refractivity contribution is 0.374. The van der Waals surface area contributed by atoms with Gasteiger partial charge in [0.25, 0.3) is 0 Å². The third kappa shape index (κ3) is 4.46. The lowest BCUT2D eigenvalue weighted by Crippen LogP contribution is -2.33. The van der Waals surface area contributed by atoms with Crippen molar-refractivity contribution in [1.82, 2.24) is 20.1 Å². The monoisotopic (exact) mass is 238 g/mol. The smallest absolute Gasteiger partial charge is 0.138 e. The zero-order valence-electron chi connectivity index (χ0n) is 11.6. The van der Waals surface area contributed by atoms with E-state index < -0.39 is 0 Å². The fraction of sp³-hybridized carbons (Fsp3) is 0.846. The predicted octanol–water partition coefficient (Wildman–Crippen LogP) is 2.25. The van der Waals surface area contributed by atoms with Gasteiger partial charge in [0.05, 0.1) is 0 Å². The molecule has 0 amide bonds. The summed E-state index contributed by atoms with van der Waals surface area (Å²) in [6.45, 7) is 10.8. The number of rotatable bonds is 8. The molecule has 0 bridgehead atoms. The summed E-state index contributed by atoms with van der Waals surface area (Å²) in [5, 5.41) is 7.74. The van der Waals surface area contributed by atoms with Crippen LogP contribution in [0, 0.1) is 5.92 Å². The Hall–Kier alpha value is -0.900. The quantitative estimate of drug-likeness (QED) is 0.755. The van der Waals surface area contributed by atoms with E-state index in [1.54, 1.807) is 6.33 Å². The van der Waals surface area contributed by atoms with Crippen LogP contribution in [-0.4, -0.2) is 27.4 Å². The number of nitrogens with one attached hydrogen (secondary N) is 1. The molecule has 0 saturated heterocycles. The maximum absolute atomic E-state index is 4.31. The highest BCUT2D eigenvalue weighted by molar-refractivity contribution is 4.85. The molecule has 1 aromatic rings. The van der Waals surface area contributed by atoms with Gasteiger partial charge in [0, 0.05) is 19.0 Å². The van der Waals surface area contributed by atoms with Crippen molar-refractivity contribution in [2.45, 2.75) is 59.5 Å². The van der Waals surface area contributed by atoms with E-state index in [0.29, 0.717) is 12.0 Å². The summed E-state index contributed by atoms with van der Waals surface area (Å²) >= 11 is 0. The molecule has 0 aromatic carbocycles. The largest absolute Gasteiger partial charge is 0.314 e. The highest BCUT2D eigenvalue weighted by Crippen LogP contribution is 2.11. The van der Waals surface area contributed by atoms with Crippen molar-refractivity contribution in [3.05, 3.63) is 12.2 Å². The topological polar surface area (TPSA) is 42.7 Å². The molecular formula is C13H26N4. The van der Waals surface area contributed by atoms with E-state index in [1.165, 1.54) is 12.8 Å². The van der Waals surface area contributed by atoms with E-state index >= 15 is 0 Å². The van der Waals surface area contributed by atoms with Crippen molar-refractivity contribution in [3.63, 3.8) is 0 Å². The Kier molecular flexibility index (Phi) is 6.19. The first-order valence-electron chi connectivity index (χ1n) is 6.79. The highest BCUT2D eigenvalue weighted by atomic mass is 15.3. The lowest BCUT2D eigenvalue weighted by Gasteiger charge is -2.21. The zero-order valence-corrected chi connectivity index (χ0v) is 11.6. The van der Waals surface area contributed by atoms with E-state index in [-0.39, 0.29) is 0 Å². The van der Waals surface area contributed by atoms with Crippen LogP contribution in [0.5, 0.6) is 0 Å². The molecule has 98 valence electrons. The Balaban J connectivity index is 2.35. The standard InChI is InChI=1S/C13H26N4/c1-5-14-12(11(3)4)8-7-9-13-15-10-16-17(13)6-2/h10-12,14H,5-9H2,1-4H3. The minimum absolute atomic E-state index is 0.623. The summed E-state index contributed by atoms with van der Waals surface area (Å²) in [7, 11) is 0. The van der Waals surface area contributed by atoms with E-state index in [1.807, 2.05) is 4.68 Å². The Bertz CT molecular complexity index is 306. The Morgan fingerprint density at radius 1 is 1.35 bits per heavy atom. The van der Waals surface area contributed by atoms with Gasteiger partial charge < -0.3 is 5.32 Å². The minimum atomic E-state index is 0.623.